The molecule has 0 aliphatic heterocycles. The molecule has 0 unspecified atom stereocenters. The molecule has 11 nitrogen and oxygen atoms in total. The summed E-state index contributed by atoms with van der Waals surface area (Å²) in [5, 5.41) is 7.88. The highest BCUT2D eigenvalue weighted by Gasteiger charge is 2.05. The van der Waals surface area contributed by atoms with Crippen LogP contribution in [0.25, 0.3) is 0 Å². The van der Waals surface area contributed by atoms with Crippen LogP contribution >= 0.6 is 0 Å². The predicted octanol–water partition coefficient (Wildman–Crippen LogP) is -0.394. The van der Waals surface area contributed by atoms with E-state index >= 15 is 0 Å². The van der Waals surface area contributed by atoms with Crippen LogP contribution in [0.15, 0.2) is 0 Å². The van der Waals surface area contributed by atoms with E-state index in [1.807, 2.05) is 6.92 Å². The molecule has 0 aromatic heterocycles. The van der Waals surface area contributed by atoms with Gasteiger partial charge in [0.2, 0.25) is 5.91 Å². The molecule has 0 aromatic carbocycles. The maximum absolute atomic E-state index is 11.2. The van der Waals surface area contributed by atoms with Gasteiger partial charge in [0, 0.05) is 26.9 Å². The molecule has 0 atom stereocenters. The minimum atomic E-state index is -0.589. The molecule has 1 amide bonds. The molecule has 0 aliphatic rings. The Bertz CT molecular complexity index is 379. The number of aliphatic hydroxyl groups excluding tert-OH is 1. The van der Waals surface area contributed by atoms with Crippen molar-refractivity contribution in [1.82, 2.24) is 5.48 Å². The maximum atomic E-state index is 11.2. The summed E-state index contributed by atoms with van der Waals surface area (Å²) in [5.74, 6) is -1.51. The third kappa shape index (κ3) is 26.5. The van der Waals surface area contributed by atoms with E-state index in [1.54, 1.807) is 0 Å². The van der Waals surface area contributed by atoms with Crippen molar-refractivity contribution in [2.24, 2.45) is 5.73 Å². The van der Waals surface area contributed by atoms with Crippen LogP contribution in [-0.2, 0) is 38.5 Å². The number of nitrogens with one attached hydrogen (secondary N) is 1. The summed E-state index contributed by atoms with van der Waals surface area (Å²) in [6.07, 6.45) is 1.69. The van der Waals surface area contributed by atoms with Gasteiger partial charge in [-0.15, -0.1) is 0 Å². The number of carbonyl (C=O) groups excluding carboxylic acids is 3. The van der Waals surface area contributed by atoms with Gasteiger partial charge >= 0.3 is 11.9 Å². The fourth-order valence-electron chi connectivity index (χ4n) is 1.23. The lowest BCUT2D eigenvalue weighted by Crippen LogP contribution is -2.17. The minimum absolute atomic E-state index is 0.0174. The number of hydroxylamine groups is 1. The van der Waals surface area contributed by atoms with Crippen molar-refractivity contribution in [2.45, 2.75) is 39.0 Å². The summed E-state index contributed by atoms with van der Waals surface area (Å²) < 4.78 is 10.4. The second-order valence-electron chi connectivity index (χ2n) is 4.97. The molecule has 0 fully saturated rings. The Hall–Kier alpha value is -1.79. The van der Waals surface area contributed by atoms with Gasteiger partial charge in [0.05, 0.1) is 32.5 Å². The van der Waals surface area contributed by atoms with Crippen molar-refractivity contribution in [3.63, 3.8) is 0 Å². The molecule has 0 saturated carbocycles. The normalized spacial score (nSPS) is 9.89. The average molecular weight is 396 g/mol. The summed E-state index contributed by atoms with van der Waals surface area (Å²) in [7, 11) is 1.50. The van der Waals surface area contributed by atoms with Crippen LogP contribution in [-0.4, -0.2) is 69.6 Å². The lowest BCUT2D eigenvalue weighted by atomic mass is 10.4. The summed E-state index contributed by atoms with van der Waals surface area (Å²) in [6, 6.07) is 0. The monoisotopic (exact) mass is 396 g/mol. The fourth-order valence-corrected chi connectivity index (χ4v) is 1.23. The molecule has 0 bridgehead atoms. The van der Waals surface area contributed by atoms with Crippen molar-refractivity contribution in [3.8, 4) is 0 Å². The second-order valence-corrected chi connectivity index (χ2v) is 4.97. The standard InChI is InChI=1S/C13H24N2O8.C3H8O/c1-15-22-12(17)4-8-19-6-2-7-20-9-5-13(18)23-21-10-3-11(14)16;1-2-3-4/h15H,2-10H2,1H3,(H2,14,16);4H,2-3H2,1H3. The summed E-state index contributed by atoms with van der Waals surface area (Å²) in [6.45, 7) is 3.49. The summed E-state index contributed by atoms with van der Waals surface area (Å²) in [4.78, 5) is 45.9. The largest absolute Gasteiger partial charge is 0.396 e. The molecule has 27 heavy (non-hydrogen) atoms. The first-order chi connectivity index (χ1) is 13.0. The van der Waals surface area contributed by atoms with Gasteiger partial charge in [-0.05, 0) is 12.8 Å². The zero-order chi connectivity index (χ0) is 20.8. The Balaban J connectivity index is 0. The van der Waals surface area contributed by atoms with Crippen LogP contribution < -0.4 is 11.2 Å². The van der Waals surface area contributed by atoms with E-state index in [1.165, 1.54) is 7.05 Å². The van der Waals surface area contributed by atoms with Gasteiger partial charge in [-0.25, -0.2) is 4.79 Å². The SMILES string of the molecule is CCCO.CNOC(=O)CCOCCCOCCC(=O)OOCCC(N)=O. The van der Waals surface area contributed by atoms with Crippen LogP contribution in [0.5, 0.6) is 0 Å². The summed E-state index contributed by atoms with van der Waals surface area (Å²) in [5.41, 5.74) is 7.16. The molecule has 0 heterocycles. The van der Waals surface area contributed by atoms with Gasteiger partial charge in [0.25, 0.3) is 0 Å². The van der Waals surface area contributed by atoms with Gasteiger partial charge in [-0.1, -0.05) is 6.92 Å². The van der Waals surface area contributed by atoms with Crippen molar-refractivity contribution in [3.05, 3.63) is 0 Å². The van der Waals surface area contributed by atoms with E-state index in [2.05, 4.69) is 20.1 Å². The minimum Gasteiger partial charge on any atom is -0.396 e. The Kier molecular flexibility index (Phi) is 22.6. The smallest absolute Gasteiger partial charge is 0.344 e. The highest BCUT2D eigenvalue weighted by Crippen LogP contribution is 1.93. The number of nitrogens with two attached hydrogens (primary N) is 1. The molecular weight excluding hydrogens is 364 g/mol. The predicted molar refractivity (Wildman–Crippen MR) is 93.9 cm³/mol. The summed E-state index contributed by atoms with van der Waals surface area (Å²) >= 11 is 0. The fraction of sp³-hybridized carbons (Fsp3) is 0.812. The number of primary amides is 1. The number of amides is 1. The zero-order valence-corrected chi connectivity index (χ0v) is 16.1. The molecule has 0 radical (unpaired) electrons. The molecule has 0 spiro atoms. The third-order valence-corrected chi connectivity index (χ3v) is 2.50. The molecule has 160 valence electrons. The van der Waals surface area contributed by atoms with Crippen LogP contribution in [0.2, 0.25) is 0 Å². The molecule has 0 rings (SSSR count). The Labute approximate surface area is 159 Å². The van der Waals surface area contributed by atoms with Gasteiger partial charge in [-0.2, -0.15) is 10.4 Å². The van der Waals surface area contributed by atoms with Gasteiger partial charge in [0.15, 0.2) is 0 Å². The molecule has 0 aliphatic carbocycles. The first-order valence-electron chi connectivity index (χ1n) is 8.71. The van der Waals surface area contributed by atoms with E-state index in [0.717, 1.165) is 6.42 Å². The number of rotatable bonds is 16. The molecule has 11 heteroatoms. The molecule has 0 saturated heterocycles. The molecule has 4 N–H and O–H groups in total. The highest BCUT2D eigenvalue weighted by molar-refractivity contribution is 5.73. The van der Waals surface area contributed by atoms with Crippen LogP contribution in [0.3, 0.4) is 0 Å². The van der Waals surface area contributed by atoms with E-state index in [4.69, 9.17) is 20.3 Å². The molecule has 0 aromatic rings. The Morgan fingerprint density at radius 1 is 0.926 bits per heavy atom. The quantitative estimate of drug-likeness (QED) is 0.178. The van der Waals surface area contributed by atoms with Crippen molar-refractivity contribution >= 4 is 17.8 Å². The number of ether oxygens (including phenoxy) is 2. The first-order valence-corrected chi connectivity index (χ1v) is 8.71. The number of carbonyl (C=O) groups is 3. The van der Waals surface area contributed by atoms with Crippen molar-refractivity contribution in [1.29, 1.82) is 0 Å². The number of hydrogen-bond acceptors (Lipinski definition) is 10. The first kappa shape index (κ1) is 27.4. The average Bonchev–Trinajstić information content (AvgIpc) is 2.64. The van der Waals surface area contributed by atoms with Crippen LogP contribution in [0.4, 0.5) is 0 Å². The van der Waals surface area contributed by atoms with Crippen molar-refractivity contribution in [2.75, 3.05) is 46.7 Å². The molecular formula is C16H32N2O9. The lowest BCUT2D eigenvalue weighted by Gasteiger charge is -2.06. The van der Waals surface area contributed by atoms with Crippen LogP contribution in [0, 0.1) is 0 Å². The van der Waals surface area contributed by atoms with E-state index in [0.29, 0.717) is 26.2 Å². The second kappa shape index (κ2) is 22.3. The highest BCUT2D eigenvalue weighted by atomic mass is 17.2. The Morgan fingerprint density at radius 2 is 1.48 bits per heavy atom. The topological polar surface area (TPSA) is 156 Å². The van der Waals surface area contributed by atoms with E-state index in [-0.39, 0.29) is 45.1 Å². The lowest BCUT2D eigenvalue weighted by molar-refractivity contribution is -0.272. The van der Waals surface area contributed by atoms with Gasteiger partial charge < -0.3 is 25.2 Å². The van der Waals surface area contributed by atoms with Gasteiger partial charge in [0.1, 0.15) is 6.61 Å². The van der Waals surface area contributed by atoms with Crippen molar-refractivity contribution < 1.29 is 43.6 Å². The van der Waals surface area contributed by atoms with E-state index < -0.39 is 11.9 Å². The third-order valence-electron chi connectivity index (χ3n) is 2.50. The maximum Gasteiger partial charge on any atom is 0.344 e. The van der Waals surface area contributed by atoms with Crippen LogP contribution in [0.1, 0.15) is 39.0 Å². The van der Waals surface area contributed by atoms with E-state index in [9.17, 15) is 14.4 Å². The van der Waals surface area contributed by atoms with Gasteiger partial charge in [-0.3, -0.25) is 14.5 Å². The Morgan fingerprint density at radius 3 is 1.96 bits per heavy atom. The zero-order valence-electron chi connectivity index (χ0n) is 16.1. The number of hydrogen-bond donors (Lipinski definition) is 3. The number of aliphatic hydroxyl groups is 1.